The molecule has 1 amide bonds. The number of hydrogen-bond donors (Lipinski definition) is 1. The minimum Gasteiger partial charge on any atom is -0.321 e. The topological polar surface area (TPSA) is 79.4 Å². The molecule has 1 aliphatic heterocycles. The van der Waals surface area contributed by atoms with Crippen LogP contribution in [0.1, 0.15) is 64.7 Å². The number of nitrogens with zero attached hydrogens (tertiary/aromatic N) is 2. The van der Waals surface area contributed by atoms with Crippen LogP contribution in [-0.4, -0.2) is 36.7 Å². The minimum absolute atomic E-state index is 0.244. The van der Waals surface area contributed by atoms with Gasteiger partial charge < -0.3 is 5.32 Å². The Morgan fingerprint density at radius 3 is 2.57 bits per heavy atom. The van der Waals surface area contributed by atoms with Crippen LogP contribution in [0.5, 0.6) is 0 Å². The van der Waals surface area contributed by atoms with Crippen LogP contribution in [-0.2, 0) is 10.0 Å². The zero-order valence-electron chi connectivity index (χ0n) is 16.0. The highest BCUT2D eigenvalue weighted by atomic mass is 32.2. The molecule has 1 saturated heterocycles. The monoisotopic (exact) mass is 419 g/mol. The van der Waals surface area contributed by atoms with Crippen molar-refractivity contribution in [2.24, 2.45) is 0 Å². The molecule has 0 spiro atoms. The molecule has 2 aromatic rings. The van der Waals surface area contributed by atoms with Crippen molar-refractivity contribution in [3.63, 3.8) is 0 Å². The maximum absolute atomic E-state index is 13.2. The van der Waals surface area contributed by atoms with Crippen molar-refractivity contribution in [3.8, 4) is 0 Å². The molecule has 2 fully saturated rings. The molecule has 0 atom stereocenters. The molecule has 6 nitrogen and oxygen atoms in total. The molecule has 4 rings (SSSR count). The summed E-state index contributed by atoms with van der Waals surface area (Å²) in [5.41, 5.74) is 1.18. The van der Waals surface area contributed by atoms with Crippen molar-refractivity contribution in [1.82, 2.24) is 9.29 Å². The molecule has 1 N–H and O–H groups in total. The van der Waals surface area contributed by atoms with Gasteiger partial charge >= 0.3 is 0 Å². The van der Waals surface area contributed by atoms with Gasteiger partial charge in [0, 0.05) is 24.7 Å². The third kappa shape index (κ3) is 4.14. The van der Waals surface area contributed by atoms with Crippen molar-refractivity contribution in [1.29, 1.82) is 0 Å². The standard InChI is InChI=1S/C20H25N3O3S2/c1-14-6-9-16(22-19(24)17-13-21-20(27-17)15-7-8-15)12-18(14)28(25,26)23-10-4-2-3-5-11-23/h6,9,12-13,15H,2-5,7-8,10-11H2,1H3,(H,22,24). The van der Waals surface area contributed by atoms with Crippen LogP contribution in [0, 0.1) is 6.92 Å². The number of aromatic nitrogens is 1. The Morgan fingerprint density at radius 1 is 1.18 bits per heavy atom. The maximum atomic E-state index is 13.2. The number of nitrogens with one attached hydrogen (secondary N) is 1. The van der Waals surface area contributed by atoms with Crippen LogP contribution < -0.4 is 5.32 Å². The first-order chi connectivity index (χ1) is 13.4. The number of sulfonamides is 1. The van der Waals surface area contributed by atoms with Crippen LogP contribution in [0.25, 0.3) is 0 Å². The summed E-state index contributed by atoms with van der Waals surface area (Å²) in [5, 5.41) is 3.85. The van der Waals surface area contributed by atoms with E-state index in [2.05, 4.69) is 10.3 Å². The van der Waals surface area contributed by atoms with Gasteiger partial charge in [-0.1, -0.05) is 18.9 Å². The summed E-state index contributed by atoms with van der Waals surface area (Å²) in [6.07, 6.45) is 7.82. The smallest absolute Gasteiger partial charge is 0.267 e. The molecule has 2 aliphatic rings. The second kappa shape index (κ2) is 7.93. The van der Waals surface area contributed by atoms with Gasteiger partial charge in [0.1, 0.15) is 4.88 Å². The minimum atomic E-state index is -3.57. The van der Waals surface area contributed by atoms with Gasteiger partial charge in [-0.25, -0.2) is 13.4 Å². The van der Waals surface area contributed by atoms with Crippen LogP contribution in [0.15, 0.2) is 29.3 Å². The van der Waals surface area contributed by atoms with E-state index in [1.807, 2.05) is 0 Å². The lowest BCUT2D eigenvalue weighted by Gasteiger charge is -2.21. The number of rotatable bonds is 5. The van der Waals surface area contributed by atoms with Crippen LogP contribution in [0.3, 0.4) is 0 Å². The van der Waals surface area contributed by atoms with Gasteiger partial charge in [-0.2, -0.15) is 4.31 Å². The summed E-state index contributed by atoms with van der Waals surface area (Å²) in [5.74, 6) is 0.266. The van der Waals surface area contributed by atoms with E-state index in [1.165, 1.54) is 11.3 Å². The van der Waals surface area contributed by atoms with Gasteiger partial charge in [0.05, 0.1) is 16.1 Å². The van der Waals surface area contributed by atoms with Crippen molar-refractivity contribution in [2.45, 2.75) is 56.3 Å². The normalized spacial score (nSPS) is 18.6. The Balaban J connectivity index is 1.54. The van der Waals surface area contributed by atoms with Gasteiger partial charge in [0.2, 0.25) is 10.0 Å². The Bertz CT molecular complexity index is 972. The number of thiazole rings is 1. The number of carbonyl (C=O) groups excluding carboxylic acids is 1. The zero-order valence-corrected chi connectivity index (χ0v) is 17.6. The fraction of sp³-hybridized carbons (Fsp3) is 0.500. The molecule has 0 unspecified atom stereocenters. The lowest BCUT2D eigenvalue weighted by molar-refractivity contribution is 0.103. The molecule has 150 valence electrons. The lowest BCUT2D eigenvalue weighted by Crippen LogP contribution is -2.32. The second-order valence-electron chi connectivity index (χ2n) is 7.59. The van der Waals surface area contributed by atoms with Gasteiger partial charge in [-0.05, 0) is 50.3 Å². The Morgan fingerprint density at radius 2 is 1.89 bits per heavy atom. The van der Waals surface area contributed by atoms with Gasteiger partial charge in [0.15, 0.2) is 0 Å². The van der Waals surface area contributed by atoms with Gasteiger partial charge in [-0.15, -0.1) is 11.3 Å². The van der Waals surface area contributed by atoms with Crippen LogP contribution in [0.2, 0.25) is 0 Å². The van der Waals surface area contributed by atoms with Crippen molar-refractivity contribution in [3.05, 3.63) is 39.8 Å². The summed E-state index contributed by atoms with van der Waals surface area (Å²) in [4.78, 5) is 17.7. The molecule has 2 heterocycles. The van der Waals surface area contributed by atoms with Gasteiger partial charge in [-0.3, -0.25) is 4.79 Å². The summed E-state index contributed by atoms with van der Waals surface area (Å²) < 4.78 is 27.9. The summed E-state index contributed by atoms with van der Waals surface area (Å²) >= 11 is 1.42. The molecule has 1 aromatic carbocycles. The Kier molecular flexibility index (Phi) is 5.53. The fourth-order valence-electron chi connectivity index (χ4n) is 3.48. The quantitative estimate of drug-likeness (QED) is 0.790. The number of carbonyl (C=O) groups is 1. The third-order valence-corrected chi connectivity index (χ3v) is 8.50. The molecular weight excluding hydrogens is 394 g/mol. The first-order valence-electron chi connectivity index (χ1n) is 9.83. The number of amides is 1. The van der Waals surface area contributed by atoms with E-state index in [4.69, 9.17) is 0 Å². The van der Waals surface area contributed by atoms with Crippen molar-refractivity contribution in [2.75, 3.05) is 18.4 Å². The van der Waals surface area contributed by atoms with E-state index >= 15 is 0 Å². The molecular formula is C20H25N3O3S2. The fourth-order valence-corrected chi connectivity index (χ4v) is 6.23. The summed E-state index contributed by atoms with van der Waals surface area (Å²) in [6.45, 7) is 2.91. The van der Waals surface area contributed by atoms with Crippen LogP contribution in [0.4, 0.5) is 5.69 Å². The van der Waals surface area contributed by atoms with E-state index in [-0.39, 0.29) is 10.8 Å². The van der Waals surface area contributed by atoms with Gasteiger partial charge in [0.25, 0.3) is 5.91 Å². The Hall–Kier alpha value is -1.77. The van der Waals surface area contributed by atoms with E-state index in [1.54, 1.807) is 35.6 Å². The average molecular weight is 420 g/mol. The predicted molar refractivity (Wildman–Crippen MR) is 110 cm³/mol. The summed E-state index contributed by atoms with van der Waals surface area (Å²) in [6, 6.07) is 5.08. The SMILES string of the molecule is Cc1ccc(NC(=O)c2cnc(C3CC3)s2)cc1S(=O)(=O)N1CCCCCC1. The van der Waals surface area contributed by atoms with E-state index in [0.717, 1.165) is 43.5 Å². The molecule has 1 aliphatic carbocycles. The average Bonchev–Trinajstić information content (AvgIpc) is 3.46. The number of benzene rings is 1. The summed E-state index contributed by atoms with van der Waals surface area (Å²) in [7, 11) is -3.57. The Labute approximate surface area is 170 Å². The molecule has 0 bridgehead atoms. The first kappa shape index (κ1) is 19.5. The highest BCUT2D eigenvalue weighted by Crippen LogP contribution is 2.41. The highest BCUT2D eigenvalue weighted by molar-refractivity contribution is 7.89. The largest absolute Gasteiger partial charge is 0.321 e. The third-order valence-electron chi connectivity index (χ3n) is 5.30. The number of hydrogen-bond acceptors (Lipinski definition) is 5. The maximum Gasteiger partial charge on any atom is 0.267 e. The highest BCUT2D eigenvalue weighted by Gasteiger charge is 2.28. The first-order valence-corrected chi connectivity index (χ1v) is 12.1. The molecule has 28 heavy (non-hydrogen) atoms. The lowest BCUT2D eigenvalue weighted by atomic mass is 10.2. The van der Waals surface area contributed by atoms with E-state index < -0.39 is 10.0 Å². The van der Waals surface area contributed by atoms with E-state index in [9.17, 15) is 13.2 Å². The molecule has 8 heteroatoms. The van der Waals surface area contributed by atoms with E-state index in [0.29, 0.717) is 35.1 Å². The molecule has 1 aromatic heterocycles. The number of aryl methyl sites for hydroxylation is 1. The van der Waals surface area contributed by atoms with Crippen molar-refractivity contribution < 1.29 is 13.2 Å². The second-order valence-corrected chi connectivity index (χ2v) is 10.6. The predicted octanol–water partition coefficient (Wildman–Crippen LogP) is 4.15. The molecule has 1 saturated carbocycles. The van der Waals surface area contributed by atoms with Crippen LogP contribution >= 0.6 is 11.3 Å². The zero-order chi connectivity index (χ0) is 19.7. The van der Waals surface area contributed by atoms with Crippen molar-refractivity contribution >= 4 is 33.0 Å². The number of anilines is 1. The molecule has 0 radical (unpaired) electrons.